The molecule has 0 bridgehead atoms. The summed E-state index contributed by atoms with van der Waals surface area (Å²) in [5.74, 6) is -1.49. The number of carbonyl (C=O) groups excluding carboxylic acids is 2. The van der Waals surface area contributed by atoms with Crippen molar-refractivity contribution in [1.82, 2.24) is 0 Å². The highest BCUT2D eigenvalue weighted by Crippen LogP contribution is 2.15. The van der Waals surface area contributed by atoms with Crippen LogP contribution < -0.4 is 0 Å². The van der Waals surface area contributed by atoms with Gasteiger partial charge in [-0.25, -0.2) is 4.79 Å². The maximum atomic E-state index is 12.8. The number of esters is 2. The van der Waals surface area contributed by atoms with Crippen LogP contribution in [0.3, 0.4) is 0 Å². The van der Waals surface area contributed by atoms with Crippen LogP contribution in [0.15, 0.2) is 60.8 Å². The third kappa shape index (κ3) is 42.3. The molecule has 0 aromatic carbocycles. The van der Waals surface area contributed by atoms with Gasteiger partial charge >= 0.3 is 17.9 Å². The summed E-state index contributed by atoms with van der Waals surface area (Å²) in [5, 5.41) is 9.65. The van der Waals surface area contributed by atoms with Gasteiger partial charge in [-0.2, -0.15) is 0 Å². The molecule has 0 aromatic heterocycles. The minimum Gasteiger partial charge on any atom is -0.477 e. The standard InChI is InChI=1S/C54H95NO7/c1-6-8-10-12-14-16-18-20-22-24-26-28-30-32-34-36-38-40-42-44-52(56)61-49-50(48-60-47-46-51(54(58)59)55(3,4)5)62-53(57)45-43-41-39-37-35-33-31-29-27-25-23-21-19-17-15-13-11-9-7-2/h9,11,15,17,20-23,27,29,50-51H,6-8,10,12-14,16,18-19,24-26,28,30-49H2,1-5H3/p+1/b11-9-,17-15-,22-20-,23-21-,29-27-. The molecule has 2 unspecified atom stereocenters. The number of unbranched alkanes of at least 4 members (excludes halogenated alkanes) is 21. The number of quaternary nitrogens is 1. The van der Waals surface area contributed by atoms with E-state index in [2.05, 4.69) is 74.6 Å². The lowest BCUT2D eigenvalue weighted by molar-refractivity contribution is -0.887. The first-order chi connectivity index (χ1) is 30.1. The molecule has 0 aromatic rings. The Balaban J connectivity index is 4.29. The monoisotopic (exact) mass is 871 g/mol. The molecule has 0 amide bonds. The Morgan fingerprint density at radius 3 is 1.35 bits per heavy atom. The lowest BCUT2D eigenvalue weighted by Gasteiger charge is -2.31. The van der Waals surface area contributed by atoms with E-state index < -0.39 is 18.1 Å². The van der Waals surface area contributed by atoms with Gasteiger partial charge in [0.2, 0.25) is 0 Å². The zero-order valence-corrected chi connectivity index (χ0v) is 40.8. The number of likely N-dealkylation sites (N-methyl/N-ethyl adjacent to an activating group) is 1. The summed E-state index contributed by atoms with van der Waals surface area (Å²) in [5.41, 5.74) is 0. The molecule has 0 aliphatic rings. The molecule has 8 heteroatoms. The summed E-state index contributed by atoms with van der Waals surface area (Å²) >= 11 is 0. The molecule has 0 fully saturated rings. The summed E-state index contributed by atoms with van der Waals surface area (Å²) in [6, 6.07) is -0.620. The quantitative estimate of drug-likeness (QED) is 0.0282. The Morgan fingerprint density at radius 2 is 0.903 bits per heavy atom. The maximum absolute atomic E-state index is 12.8. The van der Waals surface area contributed by atoms with Crippen molar-refractivity contribution in [2.24, 2.45) is 0 Å². The number of carboxylic acid groups (broad SMARTS) is 1. The molecule has 0 aliphatic carbocycles. The molecular formula is C54H96NO7+. The van der Waals surface area contributed by atoms with Crippen molar-refractivity contribution in [3.05, 3.63) is 60.8 Å². The van der Waals surface area contributed by atoms with Crippen LogP contribution in [-0.4, -0.2) is 80.6 Å². The van der Waals surface area contributed by atoms with Crippen LogP contribution in [0.1, 0.15) is 213 Å². The number of ether oxygens (including phenoxy) is 3. The summed E-state index contributed by atoms with van der Waals surface area (Å²) in [7, 11) is 5.53. The Kier molecular flexibility index (Phi) is 42.5. The SMILES string of the molecule is CC/C=C\C/C=C\C/C=C\C/C=C\CCCCCCCCC(=O)OC(COCCC(C(=O)O)[N+](C)(C)C)COC(=O)CCCCCCCCCCC/C=C\CCCCCCCC. The van der Waals surface area contributed by atoms with Crippen molar-refractivity contribution in [1.29, 1.82) is 0 Å². The Labute approximate surface area is 381 Å². The zero-order chi connectivity index (χ0) is 45.6. The van der Waals surface area contributed by atoms with Crippen LogP contribution in [0, 0.1) is 0 Å². The molecule has 0 radical (unpaired) electrons. The second-order valence-corrected chi connectivity index (χ2v) is 18.0. The van der Waals surface area contributed by atoms with Crippen molar-refractivity contribution in [3.63, 3.8) is 0 Å². The van der Waals surface area contributed by atoms with E-state index in [-0.39, 0.29) is 36.2 Å². The highest BCUT2D eigenvalue weighted by molar-refractivity contribution is 5.72. The third-order valence-corrected chi connectivity index (χ3v) is 11.2. The first kappa shape index (κ1) is 59.0. The van der Waals surface area contributed by atoms with Crippen molar-refractivity contribution < 1.29 is 38.2 Å². The van der Waals surface area contributed by atoms with E-state index in [1.807, 2.05) is 21.1 Å². The predicted octanol–water partition coefficient (Wildman–Crippen LogP) is 14.5. The first-order valence-electron chi connectivity index (χ1n) is 25.3. The lowest BCUT2D eigenvalue weighted by Crippen LogP contribution is -2.50. The lowest BCUT2D eigenvalue weighted by atomic mass is 10.1. The van der Waals surface area contributed by atoms with Gasteiger partial charge in [0.25, 0.3) is 0 Å². The summed E-state index contributed by atoms with van der Waals surface area (Å²) in [6.45, 7) is 4.62. The van der Waals surface area contributed by atoms with E-state index in [4.69, 9.17) is 14.2 Å². The van der Waals surface area contributed by atoms with Crippen molar-refractivity contribution in [2.45, 2.75) is 225 Å². The van der Waals surface area contributed by atoms with Crippen LogP contribution >= 0.6 is 0 Å². The van der Waals surface area contributed by atoms with Crippen molar-refractivity contribution in [3.8, 4) is 0 Å². The molecule has 0 saturated heterocycles. The predicted molar refractivity (Wildman–Crippen MR) is 261 cm³/mol. The van der Waals surface area contributed by atoms with Gasteiger partial charge in [-0.05, 0) is 77.0 Å². The van der Waals surface area contributed by atoms with Crippen LogP contribution in [0.5, 0.6) is 0 Å². The molecule has 1 N–H and O–H groups in total. The average Bonchev–Trinajstić information content (AvgIpc) is 3.23. The van der Waals surface area contributed by atoms with Crippen molar-refractivity contribution in [2.75, 3.05) is 41.0 Å². The fourth-order valence-corrected chi connectivity index (χ4v) is 7.25. The second-order valence-electron chi connectivity index (χ2n) is 18.0. The van der Waals surface area contributed by atoms with E-state index in [0.29, 0.717) is 19.3 Å². The van der Waals surface area contributed by atoms with Crippen LogP contribution in [-0.2, 0) is 28.6 Å². The Hall–Kier alpha value is -2.97. The topological polar surface area (TPSA) is 99.1 Å². The fraction of sp³-hybridized carbons (Fsp3) is 0.759. The number of rotatable bonds is 45. The Bertz CT molecular complexity index is 1200. The number of nitrogens with zero attached hydrogens (tertiary/aromatic N) is 1. The van der Waals surface area contributed by atoms with Gasteiger partial charge in [0.05, 0.1) is 34.4 Å². The molecule has 0 saturated carbocycles. The minimum absolute atomic E-state index is 0.0533. The molecule has 0 spiro atoms. The molecule has 358 valence electrons. The van der Waals surface area contributed by atoms with E-state index in [1.54, 1.807) is 0 Å². The van der Waals surface area contributed by atoms with Crippen LogP contribution in [0.4, 0.5) is 0 Å². The van der Waals surface area contributed by atoms with E-state index in [1.165, 1.54) is 103 Å². The summed E-state index contributed by atoms with van der Waals surface area (Å²) < 4.78 is 17.3. The number of allylic oxidation sites excluding steroid dienone is 10. The fourth-order valence-electron chi connectivity index (χ4n) is 7.25. The number of hydrogen-bond donors (Lipinski definition) is 1. The van der Waals surface area contributed by atoms with Crippen LogP contribution in [0.2, 0.25) is 0 Å². The minimum atomic E-state index is -0.878. The van der Waals surface area contributed by atoms with Gasteiger partial charge in [-0.1, -0.05) is 177 Å². The molecule has 0 aliphatic heterocycles. The molecule has 62 heavy (non-hydrogen) atoms. The van der Waals surface area contributed by atoms with Gasteiger partial charge in [0.1, 0.15) is 6.61 Å². The number of hydrogen-bond acceptors (Lipinski definition) is 6. The molecule has 0 rings (SSSR count). The third-order valence-electron chi connectivity index (χ3n) is 11.2. The molecule has 8 nitrogen and oxygen atoms in total. The van der Waals surface area contributed by atoms with Gasteiger partial charge in [0, 0.05) is 19.3 Å². The van der Waals surface area contributed by atoms with E-state index >= 15 is 0 Å². The van der Waals surface area contributed by atoms with Crippen molar-refractivity contribution >= 4 is 17.9 Å². The maximum Gasteiger partial charge on any atom is 0.362 e. The molecule has 0 heterocycles. The van der Waals surface area contributed by atoms with Gasteiger partial charge < -0.3 is 23.8 Å². The number of carboxylic acids is 1. The summed E-state index contributed by atoms with van der Waals surface area (Å²) in [4.78, 5) is 37.1. The van der Waals surface area contributed by atoms with Crippen LogP contribution in [0.25, 0.3) is 0 Å². The van der Waals surface area contributed by atoms with Gasteiger partial charge in [-0.3, -0.25) is 9.59 Å². The van der Waals surface area contributed by atoms with E-state index in [9.17, 15) is 19.5 Å². The van der Waals surface area contributed by atoms with Gasteiger partial charge in [0.15, 0.2) is 12.1 Å². The van der Waals surface area contributed by atoms with E-state index in [0.717, 1.165) is 77.0 Å². The first-order valence-corrected chi connectivity index (χ1v) is 25.3. The smallest absolute Gasteiger partial charge is 0.362 e. The molecular weight excluding hydrogens is 775 g/mol. The number of aliphatic carboxylic acids is 1. The largest absolute Gasteiger partial charge is 0.477 e. The second kappa shape index (κ2) is 44.6. The Morgan fingerprint density at radius 1 is 0.500 bits per heavy atom. The zero-order valence-electron chi connectivity index (χ0n) is 40.8. The molecule has 2 atom stereocenters. The highest BCUT2D eigenvalue weighted by Gasteiger charge is 2.31. The highest BCUT2D eigenvalue weighted by atomic mass is 16.6. The normalized spacial score (nSPS) is 13.4. The van der Waals surface area contributed by atoms with Gasteiger partial charge in [-0.15, -0.1) is 0 Å². The summed E-state index contributed by atoms with van der Waals surface area (Å²) in [6.07, 6.45) is 55.5. The number of carbonyl (C=O) groups is 3. The average molecular weight is 871 g/mol.